The maximum Gasteiger partial charge on any atom is 0.343 e. The number of carbonyl (C=O) groups excluding carboxylic acids is 3. The van der Waals surface area contributed by atoms with Crippen molar-refractivity contribution in [3.05, 3.63) is 92.3 Å². The summed E-state index contributed by atoms with van der Waals surface area (Å²) >= 11 is 4.32. The molecule has 4 rings (SSSR count). The van der Waals surface area contributed by atoms with E-state index in [9.17, 15) is 14.4 Å². The van der Waals surface area contributed by atoms with Crippen LogP contribution in [0.2, 0.25) is 0 Å². The number of hydrogen-bond acceptors (Lipinski definition) is 7. The minimum absolute atomic E-state index is 0.137. The first kappa shape index (κ1) is 27.5. The van der Waals surface area contributed by atoms with Crippen molar-refractivity contribution in [1.29, 1.82) is 0 Å². The Balaban J connectivity index is 1.49. The number of imide groups is 1. The SMILES string of the molecule is CCOc1cc(/C=C2\SC(=O)N(CCOc3cc(C)ccc3C)C2=O)cc(Br)c1OC(=O)c1ccccc1. The van der Waals surface area contributed by atoms with Gasteiger partial charge in [0.25, 0.3) is 11.1 Å². The Labute approximate surface area is 233 Å². The van der Waals surface area contributed by atoms with E-state index in [1.807, 2.05) is 45.0 Å². The molecule has 2 amide bonds. The predicted octanol–water partition coefficient (Wildman–Crippen LogP) is 6.80. The molecule has 0 N–H and O–H groups in total. The van der Waals surface area contributed by atoms with E-state index in [1.165, 1.54) is 4.90 Å². The number of amides is 2. The highest BCUT2D eigenvalue weighted by atomic mass is 79.9. The lowest BCUT2D eigenvalue weighted by Gasteiger charge is -2.15. The van der Waals surface area contributed by atoms with Crippen LogP contribution in [-0.2, 0) is 4.79 Å². The van der Waals surface area contributed by atoms with Gasteiger partial charge in [0.05, 0.1) is 28.1 Å². The standard InChI is InChI=1S/C29H26BrNO6S/c1-4-35-24-16-20(15-22(30)26(24)37-28(33)21-8-6-5-7-9-21)17-25-27(32)31(29(34)38-25)12-13-36-23-14-18(2)10-11-19(23)3/h5-11,14-17H,4,12-13H2,1-3H3/b25-17-. The van der Waals surface area contributed by atoms with Crippen LogP contribution < -0.4 is 14.2 Å². The van der Waals surface area contributed by atoms with E-state index in [2.05, 4.69) is 15.9 Å². The van der Waals surface area contributed by atoms with E-state index in [0.717, 1.165) is 28.6 Å². The summed E-state index contributed by atoms with van der Waals surface area (Å²) in [4.78, 5) is 39.6. The summed E-state index contributed by atoms with van der Waals surface area (Å²) < 4.78 is 17.6. The Kier molecular flexibility index (Phi) is 8.91. The van der Waals surface area contributed by atoms with Gasteiger partial charge >= 0.3 is 5.97 Å². The van der Waals surface area contributed by atoms with Crippen LogP contribution >= 0.6 is 27.7 Å². The van der Waals surface area contributed by atoms with E-state index >= 15 is 0 Å². The molecule has 9 heteroatoms. The topological polar surface area (TPSA) is 82.1 Å². The fourth-order valence-corrected chi connectivity index (χ4v) is 5.12. The van der Waals surface area contributed by atoms with Crippen LogP contribution in [0, 0.1) is 13.8 Å². The normalized spacial score (nSPS) is 14.2. The second kappa shape index (κ2) is 12.3. The van der Waals surface area contributed by atoms with Crippen LogP contribution in [0.5, 0.6) is 17.2 Å². The summed E-state index contributed by atoms with van der Waals surface area (Å²) in [6, 6.07) is 17.9. The van der Waals surface area contributed by atoms with Crippen molar-refractivity contribution in [3.63, 3.8) is 0 Å². The summed E-state index contributed by atoms with van der Waals surface area (Å²) in [5.41, 5.74) is 3.06. The van der Waals surface area contributed by atoms with Gasteiger partial charge < -0.3 is 14.2 Å². The van der Waals surface area contributed by atoms with Crippen molar-refractivity contribution in [2.24, 2.45) is 0 Å². The van der Waals surface area contributed by atoms with E-state index in [4.69, 9.17) is 14.2 Å². The van der Waals surface area contributed by atoms with Crippen molar-refractivity contribution in [2.75, 3.05) is 19.8 Å². The van der Waals surface area contributed by atoms with Gasteiger partial charge in [-0.1, -0.05) is 30.3 Å². The smallest absolute Gasteiger partial charge is 0.343 e. The van der Waals surface area contributed by atoms with Gasteiger partial charge in [-0.3, -0.25) is 14.5 Å². The lowest BCUT2D eigenvalue weighted by atomic mass is 10.1. The summed E-state index contributed by atoms with van der Waals surface area (Å²) in [6.07, 6.45) is 1.62. The lowest BCUT2D eigenvalue weighted by molar-refractivity contribution is -0.123. The number of esters is 1. The zero-order valence-corrected chi connectivity index (χ0v) is 23.6. The molecule has 0 atom stereocenters. The number of thioether (sulfide) groups is 1. The molecule has 3 aromatic rings. The summed E-state index contributed by atoms with van der Waals surface area (Å²) in [5.74, 6) is 0.379. The molecule has 1 fully saturated rings. The summed E-state index contributed by atoms with van der Waals surface area (Å²) in [7, 11) is 0. The molecule has 1 aliphatic rings. The molecule has 0 saturated carbocycles. The minimum Gasteiger partial charge on any atom is -0.491 e. The molecule has 38 heavy (non-hydrogen) atoms. The number of nitrogens with zero attached hydrogens (tertiary/aromatic N) is 1. The largest absolute Gasteiger partial charge is 0.491 e. The molecule has 0 bridgehead atoms. The maximum absolute atomic E-state index is 13.0. The lowest BCUT2D eigenvalue weighted by Crippen LogP contribution is -2.32. The Hall–Kier alpha value is -3.56. The third kappa shape index (κ3) is 6.46. The van der Waals surface area contributed by atoms with Crippen LogP contribution in [0.25, 0.3) is 6.08 Å². The van der Waals surface area contributed by atoms with E-state index in [1.54, 1.807) is 42.5 Å². The van der Waals surface area contributed by atoms with Crippen molar-refractivity contribution in [2.45, 2.75) is 20.8 Å². The highest BCUT2D eigenvalue weighted by molar-refractivity contribution is 9.10. The average molecular weight is 596 g/mol. The molecule has 0 spiro atoms. The second-order valence-electron chi connectivity index (χ2n) is 8.47. The van der Waals surface area contributed by atoms with E-state index in [-0.39, 0.29) is 29.0 Å². The zero-order chi connectivity index (χ0) is 27.2. The van der Waals surface area contributed by atoms with Gasteiger partial charge in [0.1, 0.15) is 12.4 Å². The number of ether oxygens (including phenoxy) is 3. The minimum atomic E-state index is -0.524. The van der Waals surface area contributed by atoms with Gasteiger partial charge in [-0.15, -0.1) is 0 Å². The summed E-state index contributed by atoms with van der Waals surface area (Å²) in [6.45, 7) is 6.40. The van der Waals surface area contributed by atoms with Gasteiger partial charge in [-0.25, -0.2) is 4.79 Å². The Morgan fingerprint density at radius 2 is 1.76 bits per heavy atom. The Morgan fingerprint density at radius 1 is 1.00 bits per heavy atom. The first-order chi connectivity index (χ1) is 18.3. The quantitative estimate of drug-likeness (QED) is 0.153. The monoisotopic (exact) mass is 595 g/mol. The van der Waals surface area contributed by atoms with Crippen molar-refractivity contribution < 1.29 is 28.6 Å². The third-order valence-electron chi connectivity index (χ3n) is 5.62. The molecule has 7 nitrogen and oxygen atoms in total. The Bertz CT molecular complexity index is 1410. The molecule has 0 aromatic heterocycles. The van der Waals surface area contributed by atoms with Gasteiger partial charge in [-0.05, 0) is 102 Å². The number of carbonyl (C=O) groups is 3. The van der Waals surface area contributed by atoms with Crippen molar-refractivity contribution in [1.82, 2.24) is 4.90 Å². The molecule has 0 unspecified atom stereocenters. The Morgan fingerprint density at radius 3 is 2.50 bits per heavy atom. The zero-order valence-electron chi connectivity index (χ0n) is 21.2. The molecular formula is C29H26BrNO6S. The average Bonchev–Trinajstić information content (AvgIpc) is 3.16. The number of hydrogen-bond donors (Lipinski definition) is 0. The highest BCUT2D eigenvalue weighted by Gasteiger charge is 2.35. The molecule has 1 aliphatic heterocycles. The molecule has 196 valence electrons. The molecule has 1 heterocycles. The molecular weight excluding hydrogens is 570 g/mol. The highest BCUT2D eigenvalue weighted by Crippen LogP contribution is 2.39. The van der Waals surface area contributed by atoms with Gasteiger partial charge in [0.15, 0.2) is 11.5 Å². The van der Waals surface area contributed by atoms with Crippen LogP contribution in [0.15, 0.2) is 70.0 Å². The van der Waals surface area contributed by atoms with Gasteiger partial charge in [0.2, 0.25) is 0 Å². The first-order valence-corrected chi connectivity index (χ1v) is 13.6. The van der Waals surface area contributed by atoms with Crippen molar-refractivity contribution >= 4 is 50.9 Å². The first-order valence-electron chi connectivity index (χ1n) is 12.0. The van der Waals surface area contributed by atoms with Gasteiger partial charge in [0, 0.05) is 0 Å². The molecule has 3 aromatic carbocycles. The fraction of sp³-hybridized carbons (Fsp3) is 0.207. The van der Waals surface area contributed by atoms with Crippen LogP contribution in [0.1, 0.15) is 34.0 Å². The molecule has 0 radical (unpaired) electrons. The van der Waals surface area contributed by atoms with Crippen LogP contribution in [-0.4, -0.2) is 41.8 Å². The second-order valence-corrected chi connectivity index (χ2v) is 10.3. The van der Waals surface area contributed by atoms with Crippen LogP contribution in [0.3, 0.4) is 0 Å². The predicted molar refractivity (Wildman–Crippen MR) is 151 cm³/mol. The molecule has 1 saturated heterocycles. The number of halogens is 1. The summed E-state index contributed by atoms with van der Waals surface area (Å²) in [5, 5.41) is -0.358. The third-order valence-corrected chi connectivity index (χ3v) is 7.12. The number of benzene rings is 3. The maximum atomic E-state index is 13.0. The number of aryl methyl sites for hydroxylation is 2. The van der Waals surface area contributed by atoms with E-state index < -0.39 is 11.9 Å². The fourth-order valence-electron chi connectivity index (χ4n) is 3.71. The van der Waals surface area contributed by atoms with Crippen molar-refractivity contribution in [3.8, 4) is 17.2 Å². The van der Waals surface area contributed by atoms with Crippen LogP contribution in [0.4, 0.5) is 4.79 Å². The van der Waals surface area contributed by atoms with E-state index in [0.29, 0.717) is 28.0 Å². The van der Waals surface area contributed by atoms with Gasteiger partial charge in [-0.2, -0.15) is 0 Å². The molecule has 0 aliphatic carbocycles. The number of rotatable bonds is 9.